The zero-order valence-corrected chi connectivity index (χ0v) is 12.5. The van der Waals surface area contributed by atoms with Crippen molar-refractivity contribution in [3.8, 4) is 5.75 Å². The van der Waals surface area contributed by atoms with Crippen molar-refractivity contribution in [2.45, 2.75) is 12.8 Å². The number of hydrogen-bond donors (Lipinski definition) is 0. The van der Waals surface area contributed by atoms with Crippen molar-refractivity contribution in [3.63, 3.8) is 0 Å². The maximum atomic E-state index is 11.9. The van der Waals surface area contributed by atoms with Crippen molar-refractivity contribution in [3.05, 3.63) is 65.7 Å². The normalized spacial score (nSPS) is 10.0. The van der Waals surface area contributed by atoms with E-state index in [4.69, 9.17) is 9.47 Å². The molecule has 2 aromatic rings. The molecule has 114 valence electrons. The van der Waals surface area contributed by atoms with Crippen molar-refractivity contribution < 1.29 is 19.1 Å². The molecular formula is C18H18O4. The maximum absolute atomic E-state index is 11.9. The van der Waals surface area contributed by atoms with E-state index in [0.717, 1.165) is 0 Å². The summed E-state index contributed by atoms with van der Waals surface area (Å²) >= 11 is 0. The highest BCUT2D eigenvalue weighted by Gasteiger charge is 2.08. The van der Waals surface area contributed by atoms with E-state index in [9.17, 15) is 9.59 Å². The summed E-state index contributed by atoms with van der Waals surface area (Å²) in [6.07, 6.45) is 0.871. The predicted octanol–water partition coefficient (Wildman–Crippen LogP) is 3.52. The van der Waals surface area contributed by atoms with Crippen LogP contribution in [-0.4, -0.2) is 25.5 Å². The minimum atomic E-state index is -0.394. The number of ether oxygens (including phenoxy) is 2. The Morgan fingerprint density at radius 2 is 1.59 bits per heavy atom. The third-order valence-corrected chi connectivity index (χ3v) is 3.20. The van der Waals surface area contributed by atoms with Crippen LogP contribution in [0.15, 0.2) is 54.6 Å². The van der Waals surface area contributed by atoms with Crippen molar-refractivity contribution in [1.29, 1.82) is 0 Å². The van der Waals surface area contributed by atoms with Gasteiger partial charge in [0.2, 0.25) is 0 Å². The van der Waals surface area contributed by atoms with Crippen LogP contribution in [0.5, 0.6) is 5.75 Å². The molecule has 0 saturated heterocycles. The molecular weight excluding hydrogens is 280 g/mol. The van der Waals surface area contributed by atoms with Gasteiger partial charge in [-0.1, -0.05) is 30.3 Å². The highest BCUT2D eigenvalue weighted by atomic mass is 16.5. The van der Waals surface area contributed by atoms with Gasteiger partial charge < -0.3 is 9.47 Å². The molecule has 2 aromatic carbocycles. The summed E-state index contributed by atoms with van der Waals surface area (Å²) in [6.45, 7) is 0.226. The third kappa shape index (κ3) is 4.45. The fourth-order valence-corrected chi connectivity index (χ4v) is 1.98. The van der Waals surface area contributed by atoms with Gasteiger partial charge in [0.1, 0.15) is 5.75 Å². The van der Waals surface area contributed by atoms with Gasteiger partial charge in [-0.3, -0.25) is 4.79 Å². The highest BCUT2D eigenvalue weighted by Crippen LogP contribution is 2.12. The third-order valence-electron chi connectivity index (χ3n) is 3.20. The first-order valence-electron chi connectivity index (χ1n) is 7.10. The van der Waals surface area contributed by atoms with E-state index in [-0.39, 0.29) is 12.4 Å². The molecule has 0 aliphatic heterocycles. The first kappa shape index (κ1) is 15.8. The summed E-state index contributed by atoms with van der Waals surface area (Å²) in [6, 6.07) is 15.8. The molecule has 0 aliphatic rings. The molecule has 22 heavy (non-hydrogen) atoms. The summed E-state index contributed by atoms with van der Waals surface area (Å²) < 4.78 is 10.2. The first-order chi connectivity index (χ1) is 10.7. The van der Waals surface area contributed by atoms with E-state index in [1.807, 2.05) is 18.2 Å². The number of methoxy groups -OCH3 is 1. The molecule has 0 fully saturated rings. The van der Waals surface area contributed by atoms with Crippen molar-refractivity contribution in [2.75, 3.05) is 13.7 Å². The van der Waals surface area contributed by atoms with Gasteiger partial charge in [-0.2, -0.15) is 0 Å². The largest absolute Gasteiger partial charge is 0.497 e. The van der Waals surface area contributed by atoms with E-state index < -0.39 is 5.97 Å². The lowest BCUT2D eigenvalue weighted by Crippen LogP contribution is -2.08. The summed E-state index contributed by atoms with van der Waals surface area (Å²) in [4.78, 5) is 23.7. The van der Waals surface area contributed by atoms with Crippen LogP contribution in [0.2, 0.25) is 0 Å². The summed E-state index contributed by atoms with van der Waals surface area (Å²) in [5.41, 5.74) is 1.15. The van der Waals surface area contributed by atoms with Crippen molar-refractivity contribution >= 4 is 11.8 Å². The van der Waals surface area contributed by atoms with E-state index in [1.54, 1.807) is 43.5 Å². The molecule has 0 aliphatic carbocycles. The van der Waals surface area contributed by atoms with Crippen LogP contribution in [0.1, 0.15) is 33.6 Å². The predicted molar refractivity (Wildman–Crippen MR) is 83.3 cm³/mol. The second-order valence-electron chi connectivity index (χ2n) is 4.76. The van der Waals surface area contributed by atoms with Crippen molar-refractivity contribution in [1.82, 2.24) is 0 Å². The Morgan fingerprint density at radius 3 is 2.23 bits per heavy atom. The summed E-state index contributed by atoms with van der Waals surface area (Å²) in [7, 11) is 1.57. The Morgan fingerprint density at radius 1 is 0.909 bits per heavy atom. The zero-order valence-electron chi connectivity index (χ0n) is 12.5. The lowest BCUT2D eigenvalue weighted by molar-refractivity contribution is 0.0494. The van der Waals surface area contributed by atoms with Crippen LogP contribution in [0.4, 0.5) is 0 Å². The topological polar surface area (TPSA) is 52.6 Å². The maximum Gasteiger partial charge on any atom is 0.338 e. The number of Topliss-reactive ketones (excluding diaryl/α,β-unsaturated/α-hetero) is 1. The van der Waals surface area contributed by atoms with Gasteiger partial charge >= 0.3 is 5.97 Å². The summed E-state index contributed by atoms with van der Waals surface area (Å²) in [5, 5.41) is 0. The minimum Gasteiger partial charge on any atom is -0.497 e. The van der Waals surface area contributed by atoms with Gasteiger partial charge in [0.15, 0.2) is 5.78 Å². The molecule has 0 unspecified atom stereocenters. The average molecular weight is 298 g/mol. The van der Waals surface area contributed by atoms with Gasteiger partial charge in [-0.05, 0) is 30.7 Å². The number of carbonyl (C=O) groups excluding carboxylic acids is 2. The van der Waals surface area contributed by atoms with Crippen LogP contribution < -0.4 is 4.74 Å². The smallest absolute Gasteiger partial charge is 0.338 e. The number of rotatable bonds is 7. The summed E-state index contributed by atoms with van der Waals surface area (Å²) in [5.74, 6) is 0.348. The quantitative estimate of drug-likeness (QED) is 0.446. The van der Waals surface area contributed by atoms with Crippen LogP contribution >= 0.6 is 0 Å². The van der Waals surface area contributed by atoms with E-state index >= 15 is 0 Å². The van der Waals surface area contributed by atoms with E-state index in [1.165, 1.54) is 0 Å². The molecule has 4 nitrogen and oxygen atoms in total. The number of ketones is 1. The Labute approximate surface area is 129 Å². The molecule has 4 heteroatoms. The number of benzene rings is 2. The number of hydrogen-bond acceptors (Lipinski definition) is 4. The average Bonchev–Trinajstić information content (AvgIpc) is 2.59. The lowest BCUT2D eigenvalue weighted by atomic mass is 10.1. The van der Waals surface area contributed by atoms with Crippen molar-refractivity contribution in [2.24, 2.45) is 0 Å². The van der Waals surface area contributed by atoms with Gasteiger partial charge in [0, 0.05) is 12.0 Å². The van der Waals surface area contributed by atoms with E-state index in [0.29, 0.717) is 29.7 Å². The number of esters is 1. The molecule has 0 saturated carbocycles. The molecule has 0 amide bonds. The monoisotopic (exact) mass is 298 g/mol. The van der Waals surface area contributed by atoms with Gasteiger partial charge in [-0.15, -0.1) is 0 Å². The molecule has 0 radical (unpaired) electrons. The molecule has 0 bridgehead atoms. The molecule has 2 rings (SSSR count). The Bertz CT molecular complexity index is 617. The van der Waals surface area contributed by atoms with Gasteiger partial charge in [0.05, 0.1) is 19.3 Å². The Kier molecular flexibility index (Phi) is 5.72. The lowest BCUT2D eigenvalue weighted by Gasteiger charge is -2.05. The van der Waals surface area contributed by atoms with Crippen LogP contribution in [0, 0.1) is 0 Å². The SMILES string of the molecule is COc1ccc(C(=O)OCCCC(=O)c2ccccc2)cc1. The minimum absolute atomic E-state index is 0.0566. The molecule has 0 aromatic heterocycles. The fourth-order valence-electron chi connectivity index (χ4n) is 1.98. The zero-order chi connectivity index (χ0) is 15.8. The fraction of sp³-hybridized carbons (Fsp3) is 0.222. The number of carbonyl (C=O) groups is 2. The standard InChI is InChI=1S/C18H18O4/c1-21-16-11-9-15(10-12-16)18(20)22-13-5-8-17(19)14-6-3-2-4-7-14/h2-4,6-7,9-12H,5,8,13H2,1H3. The van der Waals surface area contributed by atoms with Crippen LogP contribution in [0.3, 0.4) is 0 Å². The van der Waals surface area contributed by atoms with Gasteiger partial charge in [-0.25, -0.2) is 4.79 Å². The Balaban J connectivity index is 1.74. The Hall–Kier alpha value is -2.62. The van der Waals surface area contributed by atoms with E-state index in [2.05, 4.69) is 0 Å². The molecule has 0 spiro atoms. The second-order valence-corrected chi connectivity index (χ2v) is 4.76. The highest BCUT2D eigenvalue weighted by molar-refractivity contribution is 5.96. The van der Waals surface area contributed by atoms with Crippen LogP contribution in [-0.2, 0) is 4.74 Å². The molecule has 0 atom stereocenters. The van der Waals surface area contributed by atoms with Crippen LogP contribution in [0.25, 0.3) is 0 Å². The first-order valence-corrected chi connectivity index (χ1v) is 7.10. The van der Waals surface area contributed by atoms with Gasteiger partial charge in [0.25, 0.3) is 0 Å². The molecule has 0 heterocycles. The second kappa shape index (κ2) is 7.98. The molecule has 0 N–H and O–H groups in total.